The first-order valence-corrected chi connectivity index (χ1v) is 10.4. The molecule has 1 N–H and O–H groups in total. The largest absolute Gasteiger partial charge is 0.340 e. The van der Waals surface area contributed by atoms with E-state index in [2.05, 4.69) is 40.3 Å². The van der Waals surface area contributed by atoms with Crippen molar-refractivity contribution in [3.8, 4) is 0 Å². The number of piperidine rings is 1. The van der Waals surface area contributed by atoms with Gasteiger partial charge < -0.3 is 10.2 Å². The van der Waals surface area contributed by atoms with Gasteiger partial charge in [-0.15, -0.1) is 36.2 Å². The molecule has 0 saturated carbocycles. The topological polar surface area (TPSA) is 45.2 Å². The highest BCUT2D eigenvalue weighted by Crippen LogP contribution is 2.23. The van der Waals surface area contributed by atoms with E-state index in [0.717, 1.165) is 63.7 Å². The second-order valence-corrected chi connectivity index (χ2v) is 7.97. The summed E-state index contributed by atoms with van der Waals surface area (Å²) in [6.45, 7) is 5.14. The molecule has 2 aromatic rings. The van der Waals surface area contributed by atoms with Gasteiger partial charge in [-0.25, -0.2) is 4.98 Å². The van der Waals surface area contributed by atoms with E-state index in [4.69, 9.17) is 0 Å². The molecule has 1 aliphatic rings. The minimum atomic E-state index is 0. The molecule has 7 heteroatoms. The average molecular weight is 432 g/mol. The summed E-state index contributed by atoms with van der Waals surface area (Å²) in [4.78, 5) is 19.5. The molecule has 0 radical (unpaired) electrons. The van der Waals surface area contributed by atoms with Crippen LogP contribution in [0.4, 0.5) is 0 Å². The number of carbonyl (C=O) groups excluding carboxylic acids is 1. The minimum absolute atomic E-state index is 0. The summed E-state index contributed by atoms with van der Waals surface area (Å²) in [6.07, 6.45) is 6.89. The fourth-order valence-corrected chi connectivity index (χ4v) is 4.60. The minimum Gasteiger partial charge on any atom is -0.340 e. The van der Waals surface area contributed by atoms with Gasteiger partial charge >= 0.3 is 0 Å². The van der Waals surface area contributed by atoms with Gasteiger partial charge in [0.25, 0.3) is 0 Å². The zero-order valence-corrected chi connectivity index (χ0v) is 18.4. The molecule has 0 spiro atoms. The Morgan fingerprint density at radius 3 is 2.67 bits per heavy atom. The standard InChI is InChI=1S/C20H29N3OS.2ClH/c1-2-15-23(16-11-13-21-14-12-16)20(24)10-6-5-9-19-22-17-7-3-4-8-18(17)25-19;;/h3-4,7-8,16,21H,2,5-6,9-15H2,1H3;2*1H. The van der Waals surface area contributed by atoms with Crippen molar-refractivity contribution in [2.45, 2.75) is 57.9 Å². The monoisotopic (exact) mass is 431 g/mol. The van der Waals surface area contributed by atoms with Crippen molar-refractivity contribution < 1.29 is 4.79 Å². The number of hydrogen-bond acceptors (Lipinski definition) is 4. The van der Waals surface area contributed by atoms with E-state index in [1.807, 2.05) is 6.07 Å². The van der Waals surface area contributed by atoms with Crippen molar-refractivity contribution in [3.05, 3.63) is 29.3 Å². The first kappa shape index (κ1) is 24.2. The van der Waals surface area contributed by atoms with Crippen LogP contribution in [0.3, 0.4) is 0 Å². The maximum absolute atomic E-state index is 12.7. The summed E-state index contributed by atoms with van der Waals surface area (Å²) < 4.78 is 1.26. The molecule has 152 valence electrons. The van der Waals surface area contributed by atoms with Crippen molar-refractivity contribution in [1.29, 1.82) is 0 Å². The molecule has 1 aromatic heterocycles. The molecule has 1 saturated heterocycles. The summed E-state index contributed by atoms with van der Waals surface area (Å²) in [5.41, 5.74) is 1.10. The molecule has 3 rings (SSSR count). The van der Waals surface area contributed by atoms with E-state index in [1.54, 1.807) is 11.3 Å². The summed E-state index contributed by atoms with van der Waals surface area (Å²) in [7, 11) is 0. The number of amides is 1. The van der Waals surface area contributed by atoms with Gasteiger partial charge in [0.15, 0.2) is 0 Å². The third-order valence-electron chi connectivity index (χ3n) is 4.90. The number of thiazole rings is 1. The summed E-state index contributed by atoms with van der Waals surface area (Å²) in [5.74, 6) is 0.345. The maximum Gasteiger partial charge on any atom is 0.222 e. The van der Waals surface area contributed by atoms with Crippen LogP contribution in [0, 0.1) is 0 Å². The highest BCUT2D eigenvalue weighted by atomic mass is 35.5. The van der Waals surface area contributed by atoms with Gasteiger partial charge in [-0.3, -0.25) is 4.79 Å². The molecule has 1 aliphatic heterocycles. The highest BCUT2D eigenvalue weighted by Gasteiger charge is 2.24. The fourth-order valence-electron chi connectivity index (χ4n) is 3.59. The Bertz CT molecular complexity index is 656. The van der Waals surface area contributed by atoms with Crippen LogP contribution in [-0.2, 0) is 11.2 Å². The number of carbonyl (C=O) groups is 1. The SMILES string of the molecule is CCCN(C(=O)CCCCc1nc2ccccc2s1)C1CCNCC1.Cl.Cl. The zero-order chi connectivity index (χ0) is 17.5. The van der Waals surface area contributed by atoms with Crippen LogP contribution in [0.1, 0.15) is 50.5 Å². The predicted molar refractivity (Wildman–Crippen MR) is 120 cm³/mol. The van der Waals surface area contributed by atoms with E-state index >= 15 is 0 Å². The average Bonchev–Trinajstić information content (AvgIpc) is 3.06. The molecule has 1 aromatic carbocycles. The normalized spacial score (nSPS) is 14.4. The number of aromatic nitrogens is 1. The van der Waals surface area contributed by atoms with Crippen LogP contribution >= 0.6 is 36.2 Å². The van der Waals surface area contributed by atoms with Gasteiger partial charge in [0.1, 0.15) is 0 Å². The van der Waals surface area contributed by atoms with Crippen LogP contribution < -0.4 is 5.32 Å². The highest BCUT2D eigenvalue weighted by molar-refractivity contribution is 7.18. The number of nitrogens with one attached hydrogen (secondary N) is 1. The number of fused-ring (bicyclic) bond motifs is 1. The van der Waals surface area contributed by atoms with Crippen LogP contribution in [0.2, 0.25) is 0 Å². The van der Waals surface area contributed by atoms with Crippen molar-refractivity contribution >= 4 is 52.3 Å². The van der Waals surface area contributed by atoms with Crippen molar-refractivity contribution in [2.75, 3.05) is 19.6 Å². The second kappa shape index (κ2) is 12.6. The molecule has 2 heterocycles. The summed E-state index contributed by atoms with van der Waals surface area (Å²) >= 11 is 1.78. The quantitative estimate of drug-likeness (QED) is 0.607. The number of benzene rings is 1. The molecule has 0 bridgehead atoms. The number of nitrogens with zero attached hydrogens (tertiary/aromatic N) is 2. The molecule has 0 unspecified atom stereocenters. The van der Waals surface area contributed by atoms with Crippen molar-refractivity contribution in [2.24, 2.45) is 0 Å². The third kappa shape index (κ3) is 6.90. The first-order valence-electron chi connectivity index (χ1n) is 9.62. The molecule has 4 nitrogen and oxygen atoms in total. The Morgan fingerprint density at radius 1 is 1.22 bits per heavy atom. The Morgan fingerprint density at radius 2 is 1.96 bits per heavy atom. The molecule has 1 fully saturated rings. The number of unbranched alkanes of at least 4 members (excludes halogenated alkanes) is 1. The van der Waals surface area contributed by atoms with E-state index < -0.39 is 0 Å². The van der Waals surface area contributed by atoms with Gasteiger partial charge in [0.2, 0.25) is 5.91 Å². The lowest BCUT2D eigenvalue weighted by Gasteiger charge is -2.34. The van der Waals surface area contributed by atoms with Crippen LogP contribution in [0.15, 0.2) is 24.3 Å². The Kier molecular flexibility index (Phi) is 11.2. The van der Waals surface area contributed by atoms with Crippen LogP contribution in [-0.4, -0.2) is 41.5 Å². The molecule has 0 aliphatic carbocycles. The van der Waals surface area contributed by atoms with Gasteiger partial charge in [-0.05, 0) is 63.7 Å². The maximum atomic E-state index is 12.7. The third-order valence-corrected chi connectivity index (χ3v) is 6.00. The predicted octanol–water partition coefficient (Wildman–Crippen LogP) is 4.84. The summed E-state index contributed by atoms with van der Waals surface area (Å²) in [6, 6.07) is 8.74. The number of halogens is 2. The second-order valence-electron chi connectivity index (χ2n) is 6.85. The lowest BCUT2D eigenvalue weighted by Crippen LogP contribution is -2.46. The first-order chi connectivity index (χ1) is 12.3. The molecule has 27 heavy (non-hydrogen) atoms. The number of para-hydroxylation sites is 1. The molecule has 0 atom stereocenters. The van der Waals surface area contributed by atoms with Gasteiger partial charge in [0.05, 0.1) is 15.2 Å². The van der Waals surface area contributed by atoms with Crippen LogP contribution in [0.25, 0.3) is 10.2 Å². The van der Waals surface area contributed by atoms with E-state index in [0.29, 0.717) is 18.4 Å². The fraction of sp³-hybridized carbons (Fsp3) is 0.600. The van der Waals surface area contributed by atoms with Crippen molar-refractivity contribution in [1.82, 2.24) is 15.2 Å². The lowest BCUT2D eigenvalue weighted by molar-refractivity contribution is -0.134. The van der Waals surface area contributed by atoms with Crippen LogP contribution in [0.5, 0.6) is 0 Å². The Labute approximate surface area is 178 Å². The smallest absolute Gasteiger partial charge is 0.222 e. The molecule has 1 amide bonds. The zero-order valence-electron chi connectivity index (χ0n) is 16.0. The number of hydrogen-bond donors (Lipinski definition) is 1. The number of rotatable bonds is 8. The van der Waals surface area contributed by atoms with E-state index in [9.17, 15) is 4.79 Å². The Hall–Kier alpha value is -0.880. The summed E-state index contributed by atoms with van der Waals surface area (Å²) in [5, 5.41) is 4.58. The molecular formula is C20H31Cl2N3OS. The van der Waals surface area contributed by atoms with Gasteiger partial charge in [-0.2, -0.15) is 0 Å². The Balaban J connectivity index is 0.00000182. The van der Waals surface area contributed by atoms with E-state index in [-0.39, 0.29) is 24.8 Å². The van der Waals surface area contributed by atoms with Gasteiger partial charge in [0, 0.05) is 19.0 Å². The molecular weight excluding hydrogens is 401 g/mol. The van der Waals surface area contributed by atoms with E-state index in [1.165, 1.54) is 9.71 Å². The number of aryl methyl sites for hydroxylation is 1. The van der Waals surface area contributed by atoms with Gasteiger partial charge in [-0.1, -0.05) is 19.1 Å². The lowest BCUT2D eigenvalue weighted by atomic mass is 10.0. The van der Waals surface area contributed by atoms with Crippen molar-refractivity contribution in [3.63, 3.8) is 0 Å².